The molecule has 0 spiro atoms. The fraction of sp³-hybridized carbons (Fsp3) is 0.0227. The average molecular weight is 602 g/mol. The fourth-order valence-electron chi connectivity index (χ4n) is 7.27. The van der Waals surface area contributed by atoms with Crippen LogP contribution in [0.15, 0.2) is 169 Å². The van der Waals surface area contributed by atoms with Gasteiger partial charge in [0.05, 0.1) is 28.1 Å². The van der Waals surface area contributed by atoms with E-state index in [1.54, 1.807) is 0 Å². The predicted molar refractivity (Wildman–Crippen MR) is 199 cm³/mol. The Balaban J connectivity index is 1.36. The van der Waals surface area contributed by atoms with Crippen molar-refractivity contribution in [3.8, 4) is 39.1 Å². The first-order chi connectivity index (χ1) is 23.3. The topological polar surface area (TPSA) is 20.5 Å². The van der Waals surface area contributed by atoms with E-state index < -0.39 is 0 Å². The molecule has 0 amide bonds. The first kappa shape index (κ1) is 27.1. The average Bonchev–Trinajstić information content (AvgIpc) is 3.47. The zero-order valence-corrected chi connectivity index (χ0v) is 25.8. The lowest BCUT2D eigenvalue weighted by Gasteiger charge is -2.34. The number of hydrogen-bond acceptors (Lipinski definition) is 2. The second-order valence-corrected chi connectivity index (χ2v) is 12.1. The van der Waals surface area contributed by atoms with Gasteiger partial charge in [0.15, 0.2) is 0 Å². The van der Waals surface area contributed by atoms with E-state index in [0.29, 0.717) is 0 Å². The lowest BCUT2D eigenvalue weighted by Crippen LogP contribution is -2.21. The second-order valence-electron chi connectivity index (χ2n) is 12.1. The Labute approximate surface area is 274 Å². The molecular weight excluding hydrogens is 571 g/mol. The Morgan fingerprint density at radius 1 is 0.468 bits per heavy atom. The van der Waals surface area contributed by atoms with E-state index in [-0.39, 0.29) is 0 Å². The highest BCUT2D eigenvalue weighted by atomic mass is 15.2. The molecule has 0 bridgehead atoms. The minimum atomic E-state index is 0.763. The zero-order chi connectivity index (χ0) is 31.3. The summed E-state index contributed by atoms with van der Waals surface area (Å²) < 4.78 is 2.45. The van der Waals surface area contributed by atoms with Gasteiger partial charge in [-0.15, -0.1) is 0 Å². The number of fused-ring (bicyclic) bond motifs is 6. The molecule has 47 heavy (non-hydrogen) atoms. The van der Waals surface area contributed by atoms with E-state index >= 15 is 0 Å². The molecule has 0 aliphatic carbocycles. The molecule has 1 aliphatic heterocycles. The standard InChI is InChI=1S/C44H31N3/c1-45-40-21-11-13-23-42(40)46-29-32-18-8-9-19-36(32)38-28-44-39(27-43(38)46)37-20-10-12-22-41(37)47(44)35-25-33(30-14-4-2-5-15-30)24-34(26-35)31-16-6-3-7-17-31/h2-28H,1,29H2. The molecule has 7 aromatic carbocycles. The van der Waals surface area contributed by atoms with Gasteiger partial charge in [0, 0.05) is 28.6 Å². The van der Waals surface area contributed by atoms with Crippen molar-refractivity contribution in [1.82, 2.24) is 4.57 Å². The number of aromatic nitrogens is 1. The van der Waals surface area contributed by atoms with Crippen LogP contribution in [-0.4, -0.2) is 11.3 Å². The fourth-order valence-corrected chi connectivity index (χ4v) is 7.27. The number of nitrogens with zero attached hydrogens (tertiary/aromatic N) is 3. The molecule has 0 N–H and O–H groups in total. The van der Waals surface area contributed by atoms with Gasteiger partial charge in [-0.25, -0.2) is 0 Å². The number of aliphatic imine (C=N–C) groups is 1. The van der Waals surface area contributed by atoms with Crippen LogP contribution in [-0.2, 0) is 6.54 Å². The van der Waals surface area contributed by atoms with E-state index in [2.05, 4.69) is 173 Å². The molecule has 0 saturated heterocycles. The third-order valence-corrected chi connectivity index (χ3v) is 9.45. The van der Waals surface area contributed by atoms with Gasteiger partial charge >= 0.3 is 0 Å². The maximum absolute atomic E-state index is 4.40. The highest BCUT2D eigenvalue weighted by Crippen LogP contribution is 2.48. The number of anilines is 2. The van der Waals surface area contributed by atoms with Gasteiger partial charge in [0.1, 0.15) is 0 Å². The maximum Gasteiger partial charge on any atom is 0.0859 e. The second kappa shape index (κ2) is 11.0. The third kappa shape index (κ3) is 4.47. The Morgan fingerprint density at radius 2 is 1.11 bits per heavy atom. The molecule has 1 aromatic heterocycles. The van der Waals surface area contributed by atoms with Crippen molar-refractivity contribution in [3.63, 3.8) is 0 Å². The minimum absolute atomic E-state index is 0.763. The highest BCUT2D eigenvalue weighted by Gasteiger charge is 2.27. The van der Waals surface area contributed by atoms with Crippen LogP contribution < -0.4 is 4.90 Å². The normalized spacial score (nSPS) is 12.2. The number of benzene rings is 7. The predicted octanol–water partition coefficient (Wildman–Crippen LogP) is 11.8. The summed E-state index contributed by atoms with van der Waals surface area (Å²) in [6, 6.07) is 59.0. The van der Waals surface area contributed by atoms with Crippen molar-refractivity contribution < 1.29 is 0 Å². The van der Waals surface area contributed by atoms with Crippen LogP contribution in [0.3, 0.4) is 0 Å². The molecule has 9 rings (SSSR count). The Morgan fingerprint density at radius 3 is 1.85 bits per heavy atom. The van der Waals surface area contributed by atoms with Gasteiger partial charge in [-0.2, -0.15) is 0 Å². The summed E-state index contributed by atoms with van der Waals surface area (Å²) in [5.41, 5.74) is 15.2. The summed E-state index contributed by atoms with van der Waals surface area (Å²) in [6.07, 6.45) is 0. The first-order valence-electron chi connectivity index (χ1n) is 16.0. The molecular formula is C44H31N3. The number of para-hydroxylation sites is 3. The SMILES string of the molecule is C=Nc1ccccc1N1Cc2ccccc2-c2cc3c(cc21)c1ccccc1n3-c1cc(-c2ccccc2)cc(-c2ccccc2)c1. The summed E-state index contributed by atoms with van der Waals surface area (Å²) in [5, 5.41) is 2.45. The molecule has 222 valence electrons. The first-order valence-corrected chi connectivity index (χ1v) is 16.0. The Bertz CT molecular complexity index is 2400. The summed E-state index contributed by atoms with van der Waals surface area (Å²) in [4.78, 5) is 6.80. The molecule has 0 unspecified atom stereocenters. The van der Waals surface area contributed by atoms with Crippen molar-refractivity contribution >= 4 is 45.6 Å². The Hall–Kier alpha value is -6.19. The summed E-state index contributed by atoms with van der Waals surface area (Å²) >= 11 is 0. The Kier molecular flexibility index (Phi) is 6.36. The monoisotopic (exact) mass is 601 g/mol. The maximum atomic E-state index is 4.40. The molecule has 2 heterocycles. The van der Waals surface area contributed by atoms with Crippen LogP contribution >= 0.6 is 0 Å². The van der Waals surface area contributed by atoms with Gasteiger partial charge in [-0.05, 0) is 88.6 Å². The third-order valence-electron chi connectivity index (χ3n) is 9.45. The van der Waals surface area contributed by atoms with Crippen LogP contribution in [0.1, 0.15) is 5.56 Å². The van der Waals surface area contributed by atoms with E-state index in [4.69, 9.17) is 0 Å². The van der Waals surface area contributed by atoms with Crippen LogP contribution in [0.4, 0.5) is 17.1 Å². The lowest BCUT2D eigenvalue weighted by atomic mass is 9.91. The van der Waals surface area contributed by atoms with Crippen molar-refractivity contribution in [2.75, 3.05) is 4.90 Å². The minimum Gasteiger partial charge on any atom is -0.335 e. The van der Waals surface area contributed by atoms with Crippen molar-refractivity contribution in [2.45, 2.75) is 6.54 Å². The molecule has 0 radical (unpaired) electrons. The van der Waals surface area contributed by atoms with Gasteiger partial charge in [-0.3, -0.25) is 4.99 Å². The van der Waals surface area contributed by atoms with Crippen molar-refractivity contribution in [1.29, 1.82) is 0 Å². The van der Waals surface area contributed by atoms with Gasteiger partial charge < -0.3 is 9.47 Å². The molecule has 3 heteroatoms. The summed E-state index contributed by atoms with van der Waals surface area (Å²) in [5.74, 6) is 0. The van der Waals surface area contributed by atoms with Crippen LogP contribution in [0.5, 0.6) is 0 Å². The van der Waals surface area contributed by atoms with Crippen molar-refractivity contribution in [2.24, 2.45) is 4.99 Å². The summed E-state index contributed by atoms with van der Waals surface area (Å²) in [6.45, 7) is 4.66. The largest absolute Gasteiger partial charge is 0.335 e. The molecule has 1 aliphatic rings. The van der Waals surface area contributed by atoms with Gasteiger partial charge in [0.2, 0.25) is 0 Å². The van der Waals surface area contributed by atoms with Crippen molar-refractivity contribution in [3.05, 3.63) is 169 Å². The molecule has 0 fully saturated rings. The quantitative estimate of drug-likeness (QED) is 0.180. The smallest absolute Gasteiger partial charge is 0.0859 e. The molecule has 8 aromatic rings. The van der Waals surface area contributed by atoms with Crippen LogP contribution in [0, 0.1) is 0 Å². The van der Waals surface area contributed by atoms with E-state index in [1.807, 2.05) is 12.1 Å². The molecule has 0 saturated carbocycles. The van der Waals surface area contributed by atoms with E-state index in [9.17, 15) is 0 Å². The van der Waals surface area contributed by atoms with E-state index in [1.165, 1.54) is 66.4 Å². The highest BCUT2D eigenvalue weighted by molar-refractivity contribution is 6.13. The van der Waals surface area contributed by atoms with Gasteiger partial charge in [-0.1, -0.05) is 115 Å². The zero-order valence-electron chi connectivity index (χ0n) is 25.8. The molecule has 0 atom stereocenters. The van der Waals surface area contributed by atoms with E-state index in [0.717, 1.165) is 23.6 Å². The number of rotatable bonds is 5. The molecule has 3 nitrogen and oxygen atoms in total. The van der Waals surface area contributed by atoms with Crippen LogP contribution in [0.25, 0.3) is 60.9 Å². The lowest BCUT2D eigenvalue weighted by molar-refractivity contribution is 0.962. The van der Waals surface area contributed by atoms with Gasteiger partial charge in [0.25, 0.3) is 0 Å². The summed E-state index contributed by atoms with van der Waals surface area (Å²) in [7, 11) is 0. The van der Waals surface area contributed by atoms with Crippen LogP contribution in [0.2, 0.25) is 0 Å². The number of hydrogen-bond donors (Lipinski definition) is 0.